The number of benzene rings is 1. The predicted octanol–water partition coefficient (Wildman–Crippen LogP) is 3.14. The fraction of sp³-hybridized carbons (Fsp3) is 0.238. The van der Waals surface area contributed by atoms with Gasteiger partial charge in [-0.05, 0) is 50.1 Å². The Labute approximate surface area is 162 Å². The summed E-state index contributed by atoms with van der Waals surface area (Å²) >= 11 is 0. The van der Waals surface area contributed by atoms with Gasteiger partial charge in [0, 0.05) is 24.5 Å². The number of pyridine rings is 1. The molecular formula is C21H21N5O2. The lowest BCUT2D eigenvalue weighted by molar-refractivity contribution is 0.0931. The van der Waals surface area contributed by atoms with Gasteiger partial charge in [-0.15, -0.1) is 0 Å². The fourth-order valence-electron chi connectivity index (χ4n) is 3.27. The summed E-state index contributed by atoms with van der Waals surface area (Å²) in [5.41, 5.74) is 3.35. The van der Waals surface area contributed by atoms with Gasteiger partial charge in [0.05, 0.1) is 17.6 Å². The molecule has 0 spiro atoms. The van der Waals surface area contributed by atoms with Crippen molar-refractivity contribution in [1.29, 1.82) is 0 Å². The SMILES string of the molecule is Cc1nc2ccccc2n1Cc1cc(C(=O)NC(C)Cc2ccncc2)no1. The van der Waals surface area contributed by atoms with E-state index < -0.39 is 0 Å². The van der Waals surface area contributed by atoms with Crippen LogP contribution in [0, 0.1) is 6.92 Å². The zero-order chi connectivity index (χ0) is 19.5. The number of aryl methyl sites for hydroxylation is 1. The van der Waals surface area contributed by atoms with Gasteiger partial charge in [0.25, 0.3) is 5.91 Å². The van der Waals surface area contributed by atoms with Gasteiger partial charge in [-0.2, -0.15) is 0 Å². The van der Waals surface area contributed by atoms with E-state index in [1.165, 1.54) is 0 Å². The maximum atomic E-state index is 12.5. The van der Waals surface area contributed by atoms with Gasteiger partial charge >= 0.3 is 0 Å². The van der Waals surface area contributed by atoms with E-state index in [1.807, 2.05) is 54.8 Å². The van der Waals surface area contributed by atoms with Crippen molar-refractivity contribution >= 4 is 16.9 Å². The minimum atomic E-state index is -0.247. The van der Waals surface area contributed by atoms with E-state index in [9.17, 15) is 4.79 Å². The normalized spacial score (nSPS) is 12.2. The molecule has 1 N–H and O–H groups in total. The highest BCUT2D eigenvalue weighted by atomic mass is 16.5. The van der Waals surface area contributed by atoms with Gasteiger partial charge in [-0.3, -0.25) is 9.78 Å². The summed E-state index contributed by atoms with van der Waals surface area (Å²) < 4.78 is 7.44. The second-order valence-corrected chi connectivity index (χ2v) is 6.85. The Morgan fingerprint density at radius 2 is 2.00 bits per heavy atom. The summed E-state index contributed by atoms with van der Waals surface area (Å²) in [5.74, 6) is 1.25. The lowest BCUT2D eigenvalue weighted by atomic mass is 10.1. The van der Waals surface area contributed by atoms with Crippen LogP contribution >= 0.6 is 0 Å². The largest absolute Gasteiger partial charge is 0.359 e. The van der Waals surface area contributed by atoms with Crippen molar-refractivity contribution in [1.82, 2.24) is 25.0 Å². The Morgan fingerprint density at radius 1 is 1.21 bits per heavy atom. The molecule has 142 valence electrons. The molecule has 1 amide bonds. The third-order valence-electron chi connectivity index (χ3n) is 4.62. The number of carbonyl (C=O) groups excluding carboxylic acids is 1. The van der Waals surface area contributed by atoms with Crippen molar-refractivity contribution in [3.63, 3.8) is 0 Å². The van der Waals surface area contributed by atoms with Crippen LogP contribution < -0.4 is 5.32 Å². The first kappa shape index (κ1) is 17.9. The number of aromatic nitrogens is 4. The third-order valence-corrected chi connectivity index (χ3v) is 4.62. The molecule has 0 aliphatic heterocycles. The number of para-hydroxylation sites is 2. The van der Waals surface area contributed by atoms with Gasteiger partial charge in [0.15, 0.2) is 11.5 Å². The van der Waals surface area contributed by atoms with E-state index in [-0.39, 0.29) is 17.6 Å². The van der Waals surface area contributed by atoms with Crippen LogP contribution in [0.3, 0.4) is 0 Å². The summed E-state index contributed by atoms with van der Waals surface area (Å²) in [4.78, 5) is 21.0. The maximum absolute atomic E-state index is 12.5. The minimum absolute atomic E-state index is 0.0325. The Balaban J connectivity index is 1.43. The van der Waals surface area contributed by atoms with Gasteiger partial charge in [0.2, 0.25) is 0 Å². The van der Waals surface area contributed by atoms with Crippen LogP contribution in [0.1, 0.15) is 34.6 Å². The highest BCUT2D eigenvalue weighted by Crippen LogP contribution is 2.18. The van der Waals surface area contributed by atoms with Crippen LogP contribution in [-0.4, -0.2) is 31.6 Å². The van der Waals surface area contributed by atoms with E-state index in [2.05, 4.69) is 20.4 Å². The molecule has 7 heteroatoms. The van der Waals surface area contributed by atoms with Crippen molar-refractivity contribution in [2.45, 2.75) is 32.9 Å². The molecule has 0 saturated carbocycles. The van der Waals surface area contributed by atoms with E-state index in [4.69, 9.17) is 4.52 Å². The molecule has 0 bridgehead atoms. The molecule has 0 saturated heterocycles. The Morgan fingerprint density at radius 3 is 2.82 bits per heavy atom. The predicted molar refractivity (Wildman–Crippen MR) is 105 cm³/mol. The smallest absolute Gasteiger partial charge is 0.273 e. The van der Waals surface area contributed by atoms with E-state index >= 15 is 0 Å². The first-order valence-corrected chi connectivity index (χ1v) is 9.17. The van der Waals surface area contributed by atoms with Crippen LogP contribution in [-0.2, 0) is 13.0 Å². The molecule has 4 rings (SSSR count). The van der Waals surface area contributed by atoms with Crippen LogP contribution in [0.2, 0.25) is 0 Å². The van der Waals surface area contributed by atoms with Crippen LogP contribution in [0.4, 0.5) is 0 Å². The highest BCUT2D eigenvalue weighted by molar-refractivity contribution is 5.92. The lowest BCUT2D eigenvalue weighted by Crippen LogP contribution is -2.34. The second-order valence-electron chi connectivity index (χ2n) is 6.85. The molecule has 3 heterocycles. The fourth-order valence-corrected chi connectivity index (χ4v) is 3.27. The topological polar surface area (TPSA) is 85.8 Å². The minimum Gasteiger partial charge on any atom is -0.359 e. The van der Waals surface area contributed by atoms with Gasteiger partial charge in [0.1, 0.15) is 5.82 Å². The van der Waals surface area contributed by atoms with Crippen molar-refractivity contribution in [3.05, 3.63) is 77.7 Å². The van der Waals surface area contributed by atoms with E-state index in [0.717, 1.165) is 28.8 Å². The van der Waals surface area contributed by atoms with E-state index in [0.29, 0.717) is 12.3 Å². The summed E-state index contributed by atoms with van der Waals surface area (Å²) in [6.07, 6.45) is 4.21. The zero-order valence-corrected chi connectivity index (χ0v) is 15.8. The molecule has 7 nitrogen and oxygen atoms in total. The van der Waals surface area contributed by atoms with Crippen molar-refractivity contribution in [2.75, 3.05) is 0 Å². The monoisotopic (exact) mass is 375 g/mol. The number of rotatable bonds is 6. The lowest BCUT2D eigenvalue weighted by Gasteiger charge is -2.12. The third kappa shape index (κ3) is 3.78. The zero-order valence-electron chi connectivity index (χ0n) is 15.8. The molecule has 0 aliphatic rings. The highest BCUT2D eigenvalue weighted by Gasteiger charge is 2.16. The Hall–Kier alpha value is -3.48. The number of hydrogen-bond donors (Lipinski definition) is 1. The molecule has 3 aromatic heterocycles. The van der Waals surface area contributed by atoms with Gasteiger partial charge in [-0.25, -0.2) is 4.98 Å². The van der Waals surface area contributed by atoms with Gasteiger partial charge < -0.3 is 14.4 Å². The molecular weight excluding hydrogens is 354 g/mol. The number of fused-ring (bicyclic) bond motifs is 1. The average Bonchev–Trinajstić information content (AvgIpc) is 3.28. The molecule has 0 aliphatic carbocycles. The van der Waals surface area contributed by atoms with E-state index in [1.54, 1.807) is 18.5 Å². The summed E-state index contributed by atoms with van der Waals surface area (Å²) in [7, 11) is 0. The summed E-state index contributed by atoms with van der Waals surface area (Å²) in [6, 6.07) is 13.5. The van der Waals surface area contributed by atoms with Crippen molar-refractivity contribution in [3.8, 4) is 0 Å². The molecule has 1 unspecified atom stereocenters. The average molecular weight is 375 g/mol. The number of carbonyl (C=O) groups is 1. The first-order chi connectivity index (χ1) is 13.6. The molecule has 1 atom stereocenters. The molecule has 28 heavy (non-hydrogen) atoms. The number of imidazole rings is 1. The van der Waals surface area contributed by atoms with Crippen molar-refractivity contribution in [2.24, 2.45) is 0 Å². The number of nitrogens with one attached hydrogen (secondary N) is 1. The second kappa shape index (κ2) is 7.64. The molecule has 0 fully saturated rings. The Kier molecular flexibility index (Phi) is 4.89. The molecule has 0 radical (unpaired) electrons. The summed E-state index contributed by atoms with van der Waals surface area (Å²) in [6.45, 7) is 4.38. The van der Waals surface area contributed by atoms with Crippen LogP contribution in [0.25, 0.3) is 11.0 Å². The quantitative estimate of drug-likeness (QED) is 0.559. The Bertz CT molecular complexity index is 1100. The summed E-state index contributed by atoms with van der Waals surface area (Å²) in [5, 5.41) is 6.89. The molecule has 4 aromatic rings. The van der Waals surface area contributed by atoms with Crippen molar-refractivity contribution < 1.29 is 9.32 Å². The number of nitrogens with zero attached hydrogens (tertiary/aromatic N) is 4. The number of hydrogen-bond acceptors (Lipinski definition) is 5. The molecule has 1 aromatic carbocycles. The van der Waals surface area contributed by atoms with Crippen LogP contribution in [0.5, 0.6) is 0 Å². The van der Waals surface area contributed by atoms with Gasteiger partial charge in [-0.1, -0.05) is 17.3 Å². The number of amides is 1. The maximum Gasteiger partial charge on any atom is 0.273 e. The first-order valence-electron chi connectivity index (χ1n) is 9.17. The van der Waals surface area contributed by atoms with Crippen LogP contribution in [0.15, 0.2) is 59.4 Å². The standard InChI is InChI=1S/C21H21N5O2/c1-14(11-16-7-9-22-10-8-16)23-21(27)19-12-17(28-25-19)13-26-15(2)24-18-5-3-4-6-20(18)26/h3-10,12,14H,11,13H2,1-2H3,(H,23,27).